The fourth-order valence-corrected chi connectivity index (χ4v) is 1.73. The molecule has 1 rings (SSSR count). The van der Waals surface area contributed by atoms with Crippen molar-refractivity contribution < 1.29 is 0 Å². The molecule has 1 aromatic heterocycles. The third-order valence-corrected chi connectivity index (χ3v) is 2.78. The van der Waals surface area contributed by atoms with Crippen LogP contribution in [-0.2, 0) is 5.54 Å². The molecular weight excluding hydrogens is 170 g/mol. The van der Waals surface area contributed by atoms with Gasteiger partial charge in [0.1, 0.15) is 5.01 Å². The van der Waals surface area contributed by atoms with E-state index in [0.29, 0.717) is 6.54 Å². The lowest BCUT2D eigenvalue weighted by Gasteiger charge is -2.23. The molecule has 12 heavy (non-hydrogen) atoms. The van der Waals surface area contributed by atoms with E-state index in [2.05, 4.69) is 24.1 Å². The zero-order valence-electron chi connectivity index (χ0n) is 7.50. The van der Waals surface area contributed by atoms with E-state index in [4.69, 9.17) is 5.73 Å². The number of thiazole rings is 1. The van der Waals surface area contributed by atoms with Crippen molar-refractivity contribution in [1.82, 2.24) is 10.3 Å². The number of hydrogen-bond donors (Lipinski definition) is 2. The van der Waals surface area contributed by atoms with Crippen LogP contribution in [0.4, 0.5) is 0 Å². The Labute approximate surface area is 77.0 Å². The van der Waals surface area contributed by atoms with Gasteiger partial charge < -0.3 is 11.1 Å². The molecule has 0 atom stereocenters. The van der Waals surface area contributed by atoms with E-state index < -0.39 is 0 Å². The molecule has 4 heteroatoms. The van der Waals surface area contributed by atoms with Crippen molar-refractivity contribution in [2.45, 2.75) is 19.4 Å². The van der Waals surface area contributed by atoms with Gasteiger partial charge in [-0.25, -0.2) is 4.98 Å². The van der Waals surface area contributed by atoms with Gasteiger partial charge in [-0.15, -0.1) is 11.3 Å². The molecule has 0 radical (unpaired) electrons. The Morgan fingerprint density at radius 3 is 2.92 bits per heavy atom. The van der Waals surface area contributed by atoms with Gasteiger partial charge in [-0.05, 0) is 13.8 Å². The summed E-state index contributed by atoms with van der Waals surface area (Å²) in [6.45, 7) is 5.71. The normalized spacial score (nSPS) is 11.9. The molecule has 0 fully saturated rings. The summed E-state index contributed by atoms with van der Waals surface area (Å²) < 4.78 is 0. The topological polar surface area (TPSA) is 50.9 Å². The molecule has 0 aromatic carbocycles. The van der Waals surface area contributed by atoms with E-state index >= 15 is 0 Å². The first-order valence-corrected chi connectivity index (χ1v) is 4.90. The maximum atomic E-state index is 5.41. The van der Waals surface area contributed by atoms with Crippen molar-refractivity contribution in [2.24, 2.45) is 5.73 Å². The summed E-state index contributed by atoms with van der Waals surface area (Å²) in [4.78, 5) is 4.26. The van der Waals surface area contributed by atoms with Crippen molar-refractivity contribution in [3.8, 4) is 0 Å². The van der Waals surface area contributed by atoms with E-state index in [1.54, 1.807) is 11.3 Å². The summed E-state index contributed by atoms with van der Waals surface area (Å²) in [7, 11) is 0. The molecule has 0 saturated heterocycles. The average Bonchev–Trinajstić information content (AvgIpc) is 2.53. The molecule has 0 amide bonds. The molecule has 0 spiro atoms. The van der Waals surface area contributed by atoms with Gasteiger partial charge in [0.2, 0.25) is 0 Å². The van der Waals surface area contributed by atoms with E-state index in [9.17, 15) is 0 Å². The lowest BCUT2D eigenvalue weighted by Crippen LogP contribution is -2.39. The van der Waals surface area contributed by atoms with Crippen LogP contribution in [0.15, 0.2) is 11.6 Å². The molecule has 0 aliphatic rings. The van der Waals surface area contributed by atoms with Crippen LogP contribution in [-0.4, -0.2) is 18.1 Å². The second kappa shape index (κ2) is 3.98. The summed E-state index contributed by atoms with van der Waals surface area (Å²) in [5.74, 6) is 0. The molecule has 0 unspecified atom stereocenters. The van der Waals surface area contributed by atoms with Crippen LogP contribution in [0.25, 0.3) is 0 Å². The number of hydrogen-bond acceptors (Lipinski definition) is 4. The van der Waals surface area contributed by atoms with E-state index in [-0.39, 0.29) is 5.54 Å². The predicted octanol–water partition coefficient (Wildman–Crippen LogP) is 0.926. The fraction of sp³-hybridized carbons (Fsp3) is 0.625. The highest BCUT2D eigenvalue weighted by Crippen LogP contribution is 2.21. The van der Waals surface area contributed by atoms with Gasteiger partial charge in [-0.1, -0.05) is 0 Å². The molecule has 0 bridgehead atoms. The van der Waals surface area contributed by atoms with Crippen LogP contribution in [0.1, 0.15) is 18.9 Å². The largest absolute Gasteiger partial charge is 0.329 e. The van der Waals surface area contributed by atoms with E-state index in [0.717, 1.165) is 11.6 Å². The van der Waals surface area contributed by atoms with Gasteiger partial charge >= 0.3 is 0 Å². The smallest absolute Gasteiger partial charge is 0.112 e. The third-order valence-electron chi connectivity index (χ3n) is 1.68. The van der Waals surface area contributed by atoms with E-state index in [1.807, 2.05) is 11.6 Å². The Kier molecular flexibility index (Phi) is 3.20. The van der Waals surface area contributed by atoms with Crippen molar-refractivity contribution in [1.29, 1.82) is 0 Å². The number of nitrogens with zero attached hydrogens (tertiary/aromatic N) is 1. The van der Waals surface area contributed by atoms with Crippen LogP contribution in [0.5, 0.6) is 0 Å². The average molecular weight is 185 g/mol. The minimum Gasteiger partial charge on any atom is -0.329 e. The molecule has 0 aliphatic heterocycles. The second-order valence-corrected chi connectivity index (χ2v) is 4.07. The number of aromatic nitrogens is 1. The fourth-order valence-electron chi connectivity index (χ4n) is 0.992. The first-order valence-electron chi connectivity index (χ1n) is 4.02. The van der Waals surface area contributed by atoms with Gasteiger partial charge in [-0.3, -0.25) is 0 Å². The van der Waals surface area contributed by atoms with Crippen LogP contribution in [0, 0.1) is 0 Å². The van der Waals surface area contributed by atoms with Gasteiger partial charge in [0.15, 0.2) is 0 Å². The highest BCUT2D eigenvalue weighted by Gasteiger charge is 2.21. The highest BCUT2D eigenvalue weighted by atomic mass is 32.1. The quantitative estimate of drug-likeness (QED) is 0.733. The maximum Gasteiger partial charge on any atom is 0.112 e. The summed E-state index contributed by atoms with van der Waals surface area (Å²) in [5.41, 5.74) is 5.36. The summed E-state index contributed by atoms with van der Waals surface area (Å²) in [6.07, 6.45) is 1.83. The molecule has 68 valence electrons. The number of nitrogens with one attached hydrogen (secondary N) is 1. The summed E-state index contributed by atoms with van der Waals surface area (Å²) >= 11 is 1.67. The molecule has 1 heterocycles. The molecule has 1 aromatic rings. The first-order chi connectivity index (χ1) is 5.67. The van der Waals surface area contributed by atoms with Crippen molar-refractivity contribution in [3.05, 3.63) is 16.6 Å². The minimum atomic E-state index is -0.0481. The Hall–Kier alpha value is -0.450. The number of rotatable bonds is 4. The Morgan fingerprint density at radius 2 is 2.42 bits per heavy atom. The van der Waals surface area contributed by atoms with Crippen molar-refractivity contribution >= 4 is 11.3 Å². The standard InChI is InChI=1S/C8H15N3S/c1-8(2,11-4-3-9)7-10-5-6-12-7/h5-6,11H,3-4,9H2,1-2H3. The predicted molar refractivity (Wildman–Crippen MR) is 52.2 cm³/mol. The zero-order chi connectivity index (χ0) is 9.03. The Balaban J connectivity index is 2.59. The minimum absolute atomic E-state index is 0.0481. The highest BCUT2D eigenvalue weighted by molar-refractivity contribution is 7.09. The van der Waals surface area contributed by atoms with Gasteiger partial charge in [0.05, 0.1) is 5.54 Å². The van der Waals surface area contributed by atoms with Crippen LogP contribution < -0.4 is 11.1 Å². The molecule has 3 N–H and O–H groups in total. The second-order valence-electron chi connectivity index (χ2n) is 3.18. The third kappa shape index (κ3) is 2.27. The van der Waals surface area contributed by atoms with Crippen LogP contribution in [0.3, 0.4) is 0 Å². The van der Waals surface area contributed by atoms with Gasteiger partial charge in [-0.2, -0.15) is 0 Å². The SMILES string of the molecule is CC(C)(NCCN)c1nccs1. The summed E-state index contributed by atoms with van der Waals surface area (Å²) in [6, 6.07) is 0. The van der Waals surface area contributed by atoms with Crippen LogP contribution >= 0.6 is 11.3 Å². The molecule has 0 saturated carbocycles. The summed E-state index contributed by atoms with van der Waals surface area (Å²) in [5, 5.41) is 6.43. The van der Waals surface area contributed by atoms with Gasteiger partial charge in [0.25, 0.3) is 0 Å². The zero-order valence-corrected chi connectivity index (χ0v) is 8.32. The molecular formula is C8H15N3S. The van der Waals surface area contributed by atoms with Crippen LogP contribution in [0.2, 0.25) is 0 Å². The Morgan fingerprint density at radius 1 is 1.67 bits per heavy atom. The Bertz CT molecular complexity index is 218. The number of nitrogens with two attached hydrogens (primary N) is 1. The molecule has 0 aliphatic carbocycles. The first kappa shape index (κ1) is 9.64. The monoisotopic (exact) mass is 185 g/mol. The lowest BCUT2D eigenvalue weighted by molar-refractivity contribution is 0.408. The lowest BCUT2D eigenvalue weighted by atomic mass is 10.1. The van der Waals surface area contributed by atoms with Crippen molar-refractivity contribution in [3.63, 3.8) is 0 Å². The van der Waals surface area contributed by atoms with Crippen molar-refractivity contribution in [2.75, 3.05) is 13.1 Å². The van der Waals surface area contributed by atoms with E-state index in [1.165, 1.54) is 0 Å². The molecule has 3 nitrogen and oxygen atoms in total. The van der Waals surface area contributed by atoms with Gasteiger partial charge in [0, 0.05) is 24.7 Å². The maximum absolute atomic E-state index is 5.41.